The van der Waals surface area contributed by atoms with Crippen molar-refractivity contribution in [1.82, 2.24) is 4.90 Å². The first kappa shape index (κ1) is 22.7. The third-order valence-corrected chi connectivity index (χ3v) is 8.99. The van der Waals surface area contributed by atoms with E-state index in [1.165, 1.54) is 37.1 Å². The maximum absolute atomic E-state index is 13.2. The summed E-state index contributed by atoms with van der Waals surface area (Å²) in [7, 11) is 0. The number of Topliss-reactive ketones (excluding diaryl/α,β-unsaturated/α-hetero) is 1. The van der Waals surface area contributed by atoms with Gasteiger partial charge in [0.05, 0.1) is 15.9 Å². The van der Waals surface area contributed by atoms with Crippen molar-refractivity contribution in [2.24, 2.45) is 5.92 Å². The van der Waals surface area contributed by atoms with Crippen LogP contribution >= 0.6 is 0 Å². The van der Waals surface area contributed by atoms with Gasteiger partial charge in [-0.15, -0.1) is 0 Å². The lowest BCUT2D eigenvalue weighted by atomic mass is 9.49. The van der Waals surface area contributed by atoms with Crippen LogP contribution in [0.25, 0.3) is 0 Å². The highest BCUT2D eigenvalue weighted by molar-refractivity contribution is 5.90. The first-order valence-electron chi connectivity index (χ1n) is 12.8. The topological polar surface area (TPSA) is 128 Å². The predicted octanol–water partition coefficient (Wildman–Crippen LogP) is 3.31. The molecule has 0 amide bonds. The minimum atomic E-state index is -1.10. The van der Waals surface area contributed by atoms with Crippen molar-refractivity contribution in [2.75, 3.05) is 13.1 Å². The summed E-state index contributed by atoms with van der Waals surface area (Å²) >= 11 is 0. The lowest BCUT2D eigenvalue weighted by Gasteiger charge is -2.62. The number of benzene rings is 2. The largest absolute Gasteiger partial charge is 0.519 e. The van der Waals surface area contributed by atoms with E-state index in [9.17, 15) is 24.8 Å². The summed E-state index contributed by atoms with van der Waals surface area (Å²) in [5, 5.41) is 23.2. The molecule has 2 bridgehead atoms. The second kappa shape index (κ2) is 7.75. The average Bonchev–Trinajstić information content (AvgIpc) is 3.61. The normalized spacial score (nSPS) is 31.3. The van der Waals surface area contributed by atoms with E-state index >= 15 is 0 Å². The highest BCUT2D eigenvalue weighted by atomic mass is 16.7. The third-order valence-electron chi connectivity index (χ3n) is 8.99. The SMILES string of the molecule is O=C(Oc1ccc([N+](=O)[O-])cc1)Oc1ccc2c3c1O[C@@H]1C(=O)CC[C@]4(O)[C@H](C2)N(CC2CC2)CC[C@@]314. The maximum atomic E-state index is 13.2. The van der Waals surface area contributed by atoms with E-state index in [1.54, 1.807) is 6.07 Å². The monoisotopic (exact) mass is 506 g/mol. The zero-order chi connectivity index (χ0) is 25.5. The number of rotatable bonds is 5. The molecule has 2 aromatic carbocycles. The Morgan fingerprint density at radius 1 is 1.16 bits per heavy atom. The van der Waals surface area contributed by atoms with E-state index < -0.39 is 28.2 Å². The van der Waals surface area contributed by atoms with Crippen molar-refractivity contribution >= 4 is 17.6 Å². The fourth-order valence-corrected chi connectivity index (χ4v) is 7.18. The summed E-state index contributed by atoms with van der Waals surface area (Å²) in [4.78, 5) is 38.5. The van der Waals surface area contributed by atoms with Crippen molar-refractivity contribution in [1.29, 1.82) is 0 Å². The molecule has 0 unspecified atom stereocenters. The van der Waals surface area contributed by atoms with Crippen LogP contribution in [0.3, 0.4) is 0 Å². The number of ketones is 1. The van der Waals surface area contributed by atoms with Crippen LogP contribution in [0, 0.1) is 16.0 Å². The lowest BCUT2D eigenvalue weighted by Crippen LogP contribution is -2.76. The molecule has 1 spiro atoms. The van der Waals surface area contributed by atoms with Gasteiger partial charge >= 0.3 is 6.16 Å². The summed E-state index contributed by atoms with van der Waals surface area (Å²) in [6.45, 7) is 1.75. The van der Waals surface area contributed by atoms with Crippen molar-refractivity contribution in [3.63, 3.8) is 0 Å². The Morgan fingerprint density at radius 3 is 2.68 bits per heavy atom. The number of piperidine rings is 1. The van der Waals surface area contributed by atoms with Gasteiger partial charge in [0.15, 0.2) is 23.4 Å². The number of hydrogen-bond acceptors (Lipinski definition) is 9. The third kappa shape index (κ3) is 3.18. The Morgan fingerprint density at radius 2 is 1.95 bits per heavy atom. The molecule has 4 atom stereocenters. The van der Waals surface area contributed by atoms with Gasteiger partial charge in [0.25, 0.3) is 5.69 Å². The van der Waals surface area contributed by atoms with E-state index in [1.807, 2.05) is 6.07 Å². The molecule has 3 aliphatic carbocycles. The molecular weight excluding hydrogens is 480 g/mol. The van der Waals surface area contributed by atoms with Crippen molar-refractivity contribution in [2.45, 2.75) is 61.7 Å². The minimum absolute atomic E-state index is 0.0393. The lowest BCUT2D eigenvalue weighted by molar-refractivity contribution is -0.384. The highest BCUT2D eigenvalue weighted by Gasteiger charge is 2.73. The molecule has 10 heteroatoms. The smallest absolute Gasteiger partial charge is 0.477 e. The van der Waals surface area contributed by atoms with Crippen molar-refractivity contribution in [3.05, 3.63) is 57.6 Å². The van der Waals surface area contributed by atoms with Gasteiger partial charge < -0.3 is 19.3 Å². The van der Waals surface area contributed by atoms with E-state index in [-0.39, 0.29) is 35.4 Å². The van der Waals surface area contributed by atoms with Gasteiger partial charge in [0.2, 0.25) is 0 Å². The molecule has 192 valence electrons. The number of nitrogens with zero attached hydrogens (tertiary/aromatic N) is 2. The Kier molecular flexibility index (Phi) is 4.75. The first-order chi connectivity index (χ1) is 17.8. The molecule has 5 aliphatic rings. The number of hydrogen-bond donors (Lipinski definition) is 1. The summed E-state index contributed by atoms with van der Waals surface area (Å²) in [6, 6.07) is 8.53. The Labute approximate surface area is 212 Å². The van der Waals surface area contributed by atoms with E-state index in [2.05, 4.69) is 4.90 Å². The minimum Gasteiger partial charge on any atom is -0.477 e. The maximum Gasteiger partial charge on any atom is 0.519 e. The zero-order valence-electron chi connectivity index (χ0n) is 20.1. The van der Waals surface area contributed by atoms with Gasteiger partial charge in [-0.3, -0.25) is 19.8 Å². The van der Waals surface area contributed by atoms with Crippen LogP contribution < -0.4 is 14.2 Å². The fourth-order valence-electron chi connectivity index (χ4n) is 7.18. The molecule has 2 aromatic rings. The van der Waals surface area contributed by atoms with Crippen molar-refractivity contribution in [3.8, 4) is 17.2 Å². The second-order valence-electron chi connectivity index (χ2n) is 10.9. The summed E-state index contributed by atoms with van der Waals surface area (Å²) < 4.78 is 17.0. The van der Waals surface area contributed by atoms with Crippen molar-refractivity contribution < 1.29 is 33.8 Å². The standard InChI is InChI=1S/C27H26N2O8/c30-19-9-10-27(32)21-13-16-3-8-20(36-25(31)35-18-6-4-17(5-7-18)29(33)34)23-22(16)26(27,24(19)37-23)11-12-28(21)14-15-1-2-15/h3-8,15,21,24,32H,1-2,9-14H2/t21-,24+,26+,27-/m0/s1. The molecule has 2 saturated carbocycles. The van der Waals surface area contributed by atoms with Crippen LogP contribution in [0.1, 0.15) is 43.2 Å². The van der Waals surface area contributed by atoms with Crippen LogP contribution in [-0.4, -0.2) is 57.7 Å². The first-order valence-corrected chi connectivity index (χ1v) is 12.8. The Hall–Kier alpha value is -3.50. The van der Waals surface area contributed by atoms with E-state index in [0.717, 1.165) is 24.2 Å². The molecular formula is C27H26N2O8. The van der Waals surface area contributed by atoms with Gasteiger partial charge in [-0.25, -0.2) is 4.79 Å². The molecule has 1 saturated heterocycles. The molecule has 37 heavy (non-hydrogen) atoms. The van der Waals surface area contributed by atoms with Gasteiger partial charge in [-0.1, -0.05) is 6.07 Å². The molecule has 3 fully saturated rings. The number of aliphatic hydroxyl groups is 1. The zero-order valence-corrected chi connectivity index (χ0v) is 20.1. The second-order valence-corrected chi connectivity index (χ2v) is 10.9. The highest BCUT2D eigenvalue weighted by Crippen LogP contribution is 2.65. The Bertz CT molecular complexity index is 1340. The molecule has 7 rings (SSSR count). The number of non-ortho nitro benzene ring substituents is 1. The molecule has 0 radical (unpaired) electrons. The Balaban J connectivity index is 1.22. The van der Waals surface area contributed by atoms with Crippen LogP contribution in [0.5, 0.6) is 17.2 Å². The van der Waals surface area contributed by atoms with Crippen LogP contribution in [0.2, 0.25) is 0 Å². The number of carbonyl (C=O) groups excluding carboxylic acids is 2. The number of ether oxygens (including phenoxy) is 3. The van der Waals surface area contributed by atoms with Gasteiger partial charge in [0.1, 0.15) is 5.75 Å². The van der Waals surface area contributed by atoms with E-state index in [4.69, 9.17) is 14.2 Å². The van der Waals surface area contributed by atoms with Crippen LogP contribution in [-0.2, 0) is 16.6 Å². The predicted molar refractivity (Wildman–Crippen MR) is 128 cm³/mol. The molecule has 10 nitrogen and oxygen atoms in total. The number of likely N-dealkylation sites (tertiary alicyclic amines) is 1. The summed E-state index contributed by atoms with van der Waals surface area (Å²) in [6.07, 6.45) is 2.49. The molecule has 2 heterocycles. The van der Waals surface area contributed by atoms with E-state index in [0.29, 0.717) is 30.9 Å². The summed E-state index contributed by atoms with van der Waals surface area (Å²) in [5.74, 6) is 1.19. The van der Waals surface area contributed by atoms with Gasteiger partial charge in [0, 0.05) is 36.7 Å². The number of nitro benzene ring substituents is 1. The number of carbonyl (C=O) groups is 2. The van der Waals surface area contributed by atoms with Crippen LogP contribution in [0.15, 0.2) is 36.4 Å². The van der Waals surface area contributed by atoms with Crippen LogP contribution in [0.4, 0.5) is 10.5 Å². The van der Waals surface area contributed by atoms with Gasteiger partial charge in [-0.2, -0.15) is 0 Å². The fraction of sp³-hybridized carbons (Fsp3) is 0.481. The van der Waals surface area contributed by atoms with Gasteiger partial charge in [-0.05, 0) is 68.3 Å². The molecule has 2 aliphatic heterocycles. The molecule has 1 N–H and O–H groups in total. The average molecular weight is 507 g/mol. The molecule has 0 aromatic heterocycles. The quantitative estimate of drug-likeness (QED) is 0.281. The summed E-state index contributed by atoms with van der Waals surface area (Å²) in [5.41, 5.74) is -0.293. The number of nitro groups is 1.